The summed E-state index contributed by atoms with van der Waals surface area (Å²) >= 11 is 0. The second-order valence-electron chi connectivity index (χ2n) is 11.4. The number of hydrogen-bond donors (Lipinski definition) is 3. The van der Waals surface area contributed by atoms with Crippen molar-refractivity contribution < 1.29 is 31.2 Å². The van der Waals surface area contributed by atoms with Gasteiger partial charge in [-0.15, -0.1) is 0 Å². The molecule has 3 N–H and O–H groups in total. The first-order valence-electron chi connectivity index (χ1n) is 16.1. The maximum absolute atomic E-state index is 14.3. The molecule has 4 heterocycles. The number of nitrogens with one attached hydrogen (secondary N) is 2. The number of halogens is 3. The first kappa shape index (κ1) is 37.5. The number of alkyl halides is 3. The fourth-order valence-corrected chi connectivity index (χ4v) is 6.89. The third-order valence-electron chi connectivity index (χ3n) is 7.75. The predicted molar refractivity (Wildman–Crippen MR) is 183 cm³/mol. The predicted octanol–water partition coefficient (Wildman–Crippen LogP) is 6.99. The number of benzene rings is 1. The Kier molecular flexibility index (Phi) is 12.2. The van der Waals surface area contributed by atoms with Crippen LogP contribution in [0.5, 0.6) is 0 Å². The van der Waals surface area contributed by atoms with Gasteiger partial charge in [0, 0.05) is 35.9 Å². The Hall–Kier alpha value is -4.34. The van der Waals surface area contributed by atoms with E-state index in [-0.39, 0.29) is 39.6 Å². The lowest BCUT2D eigenvalue weighted by atomic mass is 10.1. The largest absolute Gasteiger partial charge is 0.419 e. The van der Waals surface area contributed by atoms with Crippen LogP contribution in [-0.2, 0) is 16.2 Å². The Labute approximate surface area is 284 Å². The minimum absolute atomic E-state index is 0.0403. The van der Waals surface area contributed by atoms with Crippen LogP contribution < -0.4 is 10.6 Å². The molecule has 15 heteroatoms. The molecule has 0 aliphatic heterocycles. The lowest BCUT2D eigenvalue weighted by Crippen LogP contribution is -2.19. The third-order valence-corrected chi connectivity index (χ3v) is 9.41. The monoisotopic (exact) mass is 701 g/mol. The zero-order valence-corrected chi connectivity index (χ0v) is 29.2. The van der Waals surface area contributed by atoms with Crippen molar-refractivity contribution in [3.05, 3.63) is 71.9 Å². The van der Waals surface area contributed by atoms with Gasteiger partial charge in [0.1, 0.15) is 11.3 Å². The van der Waals surface area contributed by atoms with Gasteiger partial charge < -0.3 is 20.3 Å². The topological polar surface area (TPSA) is 148 Å². The van der Waals surface area contributed by atoms with E-state index < -0.39 is 27.5 Å². The van der Waals surface area contributed by atoms with Crippen molar-refractivity contribution in [1.29, 1.82) is 0 Å². The van der Waals surface area contributed by atoms with Crippen LogP contribution >= 0.6 is 0 Å². The average molecular weight is 702 g/mol. The van der Waals surface area contributed by atoms with Gasteiger partial charge in [-0.3, -0.25) is 0 Å². The summed E-state index contributed by atoms with van der Waals surface area (Å²) in [6.45, 7) is 9.84. The van der Waals surface area contributed by atoms with Gasteiger partial charge in [0.15, 0.2) is 5.65 Å². The van der Waals surface area contributed by atoms with E-state index in [1.165, 1.54) is 12.1 Å². The van der Waals surface area contributed by atoms with Crippen LogP contribution in [0.15, 0.2) is 64.3 Å². The number of aryl methyl sites for hydroxylation is 2. The summed E-state index contributed by atoms with van der Waals surface area (Å²) < 4.78 is 76.6. The van der Waals surface area contributed by atoms with E-state index in [1.807, 2.05) is 20.9 Å². The van der Waals surface area contributed by atoms with E-state index in [1.54, 1.807) is 51.1 Å². The number of rotatable bonds is 8. The van der Waals surface area contributed by atoms with Crippen LogP contribution in [0.4, 0.5) is 19.1 Å². The number of nitrogens with zero attached hydrogens (tertiary/aromatic N) is 5. The van der Waals surface area contributed by atoms with Crippen molar-refractivity contribution in [2.75, 3.05) is 18.9 Å². The molecule has 1 aromatic carbocycles. The molecule has 1 aliphatic carbocycles. The fourth-order valence-electron chi connectivity index (χ4n) is 5.55. The maximum atomic E-state index is 14.3. The highest BCUT2D eigenvalue weighted by molar-refractivity contribution is 7.90. The number of aliphatic hydroxyl groups is 1. The number of likely N-dealkylation sites (N-methyl/N-ethyl adjacent to an activating group) is 1. The summed E-state index contributed by atoms with van der Waals surface area (Å²) in [7, 11) is -2.45. The molecule has 0 saturated heterocycles. The van der Waals surface area contributed by atoms with Crippen LogP contribution in [0.3, 0.4) is 0 Å². The third kappa shape index (κ3) is 8.46. The highest BCUT2D eigenvalue weighted by Crippen LogP contribution is 2.41. The van der Waals surface area contributed by atoms with Crippen LogP contribution in [0.25, 0.3) is 33.5 Å². The molecule has 5 aromatic rings. The highest BCUT2D eigenvalue weighted by Gasteiger charge is 2.37. The van der Waals surface area contributed by atoms with Gasteiger partial charge in [-0.2, -0.15) is 13.2 Å². The van der Waals surface area contributed by atoms with Gasteiger partial charge in [0.2, 0.25) is 5.95 Å². The summed E-state index contributed by atoms with van der Waals surface area (Å²) in [5.41, 5.74) is -0.145. The first-order chi connectivity index (χ1) is 23.3. The number of aromatic nitrogens is 5. The molecule has 1 fully saturated rings. The lowest BCUT2D eigenvalue weighted by molar-refractivity contribution is -0.137. The zero-order chi connectivity index (χ0) is 35.9. The molecule has 1 atom stereocenters. The quantitative estimate of drug-likeness (QED) is 0.155. The van der Waals surface area contributed by atoms with E-state index in [2.05, 4.69) is 30.7 Å². The van der Waals surface area contributed by atoms with Crippen molar-refractivity contribution in [2.45, 2.75) is 83.5 Å². The minimum atomic E-state index is -4.79. The molecule has 0 radical (unpaired) electrons. The maximum Gasteiger partial charge on any atom is 0.419 e. The number of pyridine rings is 1. The van der Waals surface area contributed by atoms with E-state index in [0.29, 0.717) is 29.3 Å². The molecule has 0 amide bonds. The summed E-state index contributed by atoms with van der Waals surface area (Å²) in [5.74, 6) is 0.517. The molecule has 0 bridgehead atoms. The standard InChI is InChI=1S/C28H25F3N6O3S.C4H11NO.C2H6/c1-16-24(17(2)40-36-16)23-13-12-20-21(15-37(26(20)34-23)41(38,39)19-10-4-3-5-11-19)25-22(28(29,30)31)14-32-27(35-25)33-18-8-6-7-9-18;1-4(6)3-5-2;1-2/h3-5,10-15,18H,6-9H2,1-2H3,(H,32,33,35);4-6H,3H2,1-2H3;1-2H3. The summed E-state index contributed by atoms with van der Waals surface area (Å²) in [6.07, 6.45) is 0.622. The molecule has 1 saturated carbocycles. The molecular weight excluding hydrogens is 659 g/mol. The fraction of sp³-hybridized carbons (Fsp3) is 0.412. The van der Waals surface area contributed by atoms with Gasteiger partial charge in [-0.25, -0.2) is 27.3 Å². The van der Waals surface area contributed by atoms with Crippen molar-refractivity contribution in [3.8, 4) is 22.5 Å². The van der Waals surface area contributed by atoms with Gasteiger partial charge in [0.05, 0.1) is 33.6 Å². The zero-order valence-electron chi connectivity index (χ0n) is 28.3. The molecule has 1 aliphatic rings. The summed E-state index contributed by atoms with van der Waals surface area (Å²) in [4.78, 5) is 12.8. The van der Waals surface area contributed by atoms with Crippen molar-refractivity contribution >= 4 is 27.0 Å². The van der Waals surface area contributed by atoms with Crippen LogP contribution in [-0.4, -0.2) is 63.3 Å². The van der Waals surface area contributed by atoms with Crippen LogP contribution in [0, 0.1) is 13.8 Å². The molecule has 1 unspecified atom stereocenters. The van der Waals surface area contributed by atoms with Gasteiger partial charge in [0.25, 0.3) is 10.0 Å². The van der Waals surface area contributed by atoms with Gasteiger partial charge in [-0.05, 0) is 64.9 Å². The molecule has 6 rings (SSSR count). The van der Waals surface area contributed by atoms with Crippen molar-refractivity contribution in [3.63, 3.8) is 0 Å². The Morgan fingerprint density at radius 2 is 1.73 bits per heavy atom. The van der Waals surface area contributed by atoms with Crippen LogP contribution in [0.2, 0.25) is 0 Å². The molecular formula is C34H42F3N7O4S. The average Bonchev–Trinajstić information content (AvgIpc) is 3.81. The van der Waals surface area contributed by atoms with E-state index in [9.17, 15) is 21.6 Å². The Morgan fingerprint density at radius 1 is 1.06 bits per heavy atom. The second-order valence-corrected chi connectivity index (χ2v) is 13.2. The SMILES string of the molecule is CC.CNCC(C)O.Cc1noc(C)c1-c1ccc2c(-c3nc(NC4CCCC4)ncc3C(F)(F)F)cn(S(=O)(=O)c3ccccc3)c2n1. The molecule has 4 aromatic heterocycles. The van der Waals surface area contributed by atoms with Gasteiger partial charge in [-0.1, -0.05) is 50.0 Å². The van der Waals surface area contributed by atoms with Crippen molar-refractivity contribution in [1.82, 2.24) is 29.4 Å². The van der Waals surface area contributed by atoms with E-state index >= 15 is 0 Å². The van der Waals surface area contributed by atoms with Crippen molar-refractivity contribution in [2.24, 2.45) is 0 Å². The van der Waals surface area contributed by atoms with E-state index in [0.717, 1.165) is 42.0 Å². The van der Waals surface area contributed by atoms with E-state index in [4.69, 9.17) is 9.63 Å². The summed E-state index contributed by atoms with van der Waals surface area (Å²) in [5, 5.41) is 18.6. The van der Waals surface area contributed by atoms with Gasteiger partial charge >= 0.3 is 6.18 Å². The molecule has 264 valence electrons. The van der Waals surface area contributed by atoms with Crippen LogP contribution in [0.1, 0.15) is 63.5 Å². The highest BCUT2D eigenvalue weighted by atomic mass is 32.2. The first-order valence-corrected chi connectivity index (χ1v) is 17.5. The normalized spacial score (nSPS) is 14.2. The Morgan fingerprint density at radius 3 is 2.29 bits per heavy atom. The number of fused-ring (bicyclic) bond motifs is 1. The summed E-state index contributed by atoms with van der Waals surface area (Å²) in [6, 6.07) is 10.8. The Balaban J connectivity index is 0.000000612. The smallest absolute Gasteiger partial charge is 0.392 e. The molecule has 0 spiro atoms. The Bertz CT molecular complexity index is 1930. The minimum Gasteiger partial charge on any atom is -0.392 e. The molecule has 49 heavy (non-hydrogen) atoms. The lowest BCUT2D eigenvalue weighted by Gasteiger charge is -2.15. The number of anilines is 1. The number of hydrogen-bond acceptors (Lipinski definition) is 10. The number of aliphatic hydroxyl groups excluding tert-OH is 1. The molecule has 11 nitrogen and oxygen atoms in total. The second kappa shape index (κ2) is 15.9.